The summed E-state index contributed by atoms with van der Waals surface area (Å²) < 4.78 is 10.6. The average molecular weight is 396 g/mol. The summed E-state index contributed by atoms with van der Waals surface area (Å²) >= 11 is 1.31. The van der Waals surface area contributed by atoms with Crippen molar-refractivity contribution >= 4 is 28.3 Å². The highest BCUT2D eigenvalue weighted by atomic mass is 32.1. The van der Waals surface area contributed by atoms with Crippen molar-refractivity contribution in [1.82, 2.24) is 4.98 Å². The SMILES string of the molecule is Cc1ccccc1OCC(=O)O[C@@H](C)C(=O)Nc1nc(-c2ccccc2)cs1. The molecule has 0 aliphatic rings. The number of nitrogens with zero attached hydrogens (tertiary/aromatic N) is 1. The molecule has 0 radical (unpaired) electrons. The molecule has 0 saturated heterocycles. The molecule has 0 bridgehead atoms. The normalized spacial score (nSPS) is 11.5. The quantitative estimate of drug-likeness (QED) is 0.609. The summed E-state index contributed by atoms with van der Waals surface area (Å²) in [7, 11) is 0. The lowest BCUT2D eigenvalue weighted by Crippen LogP contribution is -2.31. The molecular formula is C21H20N2O4S. The molecular weight excluding hydrogens is 376 g/mol. The minimum absolute atomic E-state index is 0.266. The Morgan fingerprint density at radius 1 is 1.11 bits per heavy atom. The van der Waals surface area contributed by atoms with Crippen LogP contribution in [0.25, 0.3) is 11.3 Å². The monoisotopic (exact) mass is 396 g/mol. The topological polar surface area (TPSA) is 77.5 Å². The first-order valence-corrected chi connectivity index (χ1v) is 9.60. The fourth-order valence-electron chi connectivity index (χ4n) is 2.42. The number of benzene rings is 2. The molecule has 1 aromatic heterocycles. The van der Waals surface area contributed by atoms with Crippen LogP contribution in [0.5, 0.6) is 5.75 Å². The van der Waals surface area contributed by atoms with Gasteiger partial charge in [0.15, 0.2) is 17.8 Å². The van der Waals surface area contributed by atoms with Crippen LogP contribution < -0.4 is 10.1 Å². The van der Waals surface area contributed by atoms with Crippen LogP contribution in [-0.2, 0) is 14.3 Å². The fraction of sp³-hybridized carbons (Fsp3) is 0.190. The summed E-state index contributed by atoms with van der Waals surface area (Å²) in [5, 5.41) is 4.98. The second-order valence-electron chi connectivity index (χ2n) is 6.08. The van der Waals surface area contributed by atoms with Crippen LogP contribution in [0.2, 0.25) is 0 Å². The van der Waals surface area contributed by atoms with Gasteiger partial charge in [0, 0.05) is 10.9 Å². The van der Waals surface area contributed by atoms with Crippen molar-refractivity contribution < 1.29 is 19.1 Å². The first-order chi connectivity index (χ1) is 13.5. The number of ether oxygens (including phenoxy) is 2. The highest BCUT2D eigenvalue weighted by molar-refractivity contribution is 7.14. The number of carbonyl (C=O) groups excluding carboxylic acids is 2. The molecule has 1 N–H and O–H groups in total. The van der Waals surface area contributed by atoms with Crippen molar-refractivity contribution in [3.63, 3.8) is 0 Å². The van der Waals surface area contributed by atoms with Crippen molar-refractivity contribution in [2.24, 2.45) is 0 Å². The zero-order chi connectivity index (χ0) is 19.9. The summed E-state index contributed by atoms with van der Waals surface area (Å²) in [6, 6.07) is 17.0. The van der Waals surface area contributed by atoms with Gasteiger partial charge in [-0.1, -0.05) is 48.5 Å². The molecule has 1 atom stereocenters. The zero-order valence-electron chi connectivity index (χ0n) is 15.5. The van der Waals surface area contributed by atoms with E-state index < -0.39 is 18.0 Å². The van der Waals surface area contributed by atoms with Gasteiger partial charge in [0.05, 0.1) is 5.69 Å². The van der Waals surface area contributed by atoms with Crippen molar-refractivity contribution in [3.05, 3.63) is 65.5 Å². The number of hydrogen-bond acceptors (Lipinski definition) is 6. The van der Waals surface area contributed by atoms with Crippen LogP contribution in [0.4, 0.5) is 5.13 Å². The standard InChI is InChI=1S/C21H20N2O4S/c1-14-8-6-7-11-18(14)26-12-19(24)27-15(2)20(25)23-21-22-17(13-28-21)16-9-4-3-5-10-16/h3-11,13,15H,12H2,1-2H3,(H,22,23,25)/t15-/m0/s1. The molecule has 0 aliphatic carbocycles. The Hall–Kier alpha value is -3.19. The Bertz CT molecular complexity index is 956. The third-order valence-corrected chi connectivity index (χ3v) is 4.68. The van der Waals surface area contributed by atoms with E-state index in [4.69, 9.17) is 9.47 Å². The van der Waals surface area contributed by atoms with Crippen LogP contribution in [0.1, 0.15) is 12.5 Å². The number of amides is 1. The van der Waals surface area contributed by atoms with Crippen molar-refractivity contribution in [1.29, 1.82) is 0 Å². The molecule has 3 aromatic rings. The Balaban J connectivity index is 1.50. The Morgan fingerprint density at radius 2 is 1.82 bits per heavy atom. The lowest BCUT2D eigenvalue weighted by atomic mass is 10.2. The molecule has 144 valence electrons. The van der Waals surface area contributed by atoms with Gasteiger partial charge in [0.2, 0.25) is 0 Å². The number of hydrogen-bond donors (Lipinski definition) is 1. The van der Waals surface area contributed by atoms with Gasteiger partial charge in [0.1, 0.15) is 5.75 Å². The molecule has 1 heterocycles. The van der Waals surface area contributed by atoms with E-state index in [1.54, 1.807) is 6.07 Å². The van der Waals surface area contributed by atoms with Gasteiger partial charge >= 0.3 is 5.97 Å². The minimum atomic E-state index is -0.961. The van der Waals surface area contributed by atoms with Crippen molar-refractivity contribution in [3.8, 4) is 17.0 Å². The first-order valence-electron chi connectivity index (χ1n) is 8.72. The van der Waals surface area contributed by atoms with E-state index in [0.29, 0.717) is 10.9 Å². The molecule has 0 saturated carbocycles. The van der Waals surface area contributed by atoms with Crippen LogP contribution >= 0.6 is 11.3 Å². The molecule has 3 rings (SSSR count). The van der Waals surface area contributed by atoms with E-state index in [1.165, 1.54) is 18.3 Å². The summed E-state index contributed by atoms with van der Waals surface area (Å²) in [6.07, 6.45) is -0.961. The van der Waals surface area contributed by atoms with E-state index in [1.807, 2.05) is 60.8 Å². The molecule has 2 aromatic carbocycles. The molecule has 0 fully saturated rings. The van der Waals surface area contributed by atoms with E-state index in [9.17, 15) is 9.59 Å². The van der Waals surface area contributed by atoms with Gasteiger partial charge in [-0.3, -0.25) is 10.1 Å². The highest BCUT2D eigenvalue weighted by Gasteiger charge is 2.19. The number of thiazole rings is 1. The maximum atomic E-state index is 12.3. The molecule has 7 heteroatoms. The van der Waals surface area contributed by atoms with E-state index in [-0.39, 0.29) is 6.61 Å². The maximum absolute atomic E-state index is 12.3. The summed E-state index contributed by atoms with van der Waals surface area (Å²) in [4.78, 5) is 28.6. The second-order valence-corrected chi connectivity index (χ2v) is 6.94. The van der Waals surface area contributed by atoms with Gasteiger partial charge in [-0.15, -0.1) is 11.3 Å². The minimum Gasteiger partial charge on any atom is -0.482 e. The van der Waals surface area contributed by atoms with Crippen molar-refractivity contribution in [2.75, 3.05) is 11.9 Å². The molecule has 1 amide bonds. The number of para-hydroxylation sites is 1. The van der Waals surface area contributed by atoms with Crippen LogP contribution in [0, 0.1) is 6.92 Å². The van der Waals surface area contributed by atoms with E-state index in [0.717, 1.165) is 16.8 Å². The average Bonchev–Trinajstić information content (AvgIpc) is 3.16. The number of carbonyl (C=O) groups is 2. The molecule has 6 nitrogen and oxygen atoms in total. The zero-order valence-corrected chi connectivity index (χ0v) is 16.4. The molecule has 0 unspecified atom stereocenters. The van der Waals surface area contributed by atoms with Gasteiger partial charge < -0.3 is 9.47 Å². The van der Waals surface area contributed by atoms with Crippen LogP contribution in [0.3, 0.4) is 0 Å². The largest absolute Gasteiger partial charge is 0.482 e. The summed E-state index contributed by atoms with van der Waals surface area (Å²) in [6.45, 7) is 3.12. The van der Waals surface area contributed by atoms with Crippen LogP contribution in [-0.4, -0.2) is 29.6 Å². The summed E-state index contributed by atoms with van der Waals surface area (Å²) in [5.41, 5.74) is 2.66. The van der Waals surface area contributed by atoms with Crippen LogP contribution in [0.15, 0.2) is 60.0 Å². The lowest BCUT2D eigenvalue weighted by molar-refractivity contribution is -0.155. The summed E-state index contributed by atoms with van der Waals surface area (Å²) in [5.74, 6) is -0.457. The van der Waals surface area contributed by atoms with Crippen molar-refractivity contribution in [2.45, 2.75) is 20.0 Å². The Kier molecular flexibility index (Phi) is 6.39. The van der Waals surface area contributed by atoms with Gasteiger partial charge in [-0.25, -0.2) is 9.78 Å². The fourth-order valence-corrected chi connectivity index (χ4v) is 3.14. The number of anilines is 1. The number of aryl methyl sites for hydroxylation is 1. The molecule has 0 aliphatic heterocycles. The molecule has 0 spiro atoms. The lowest BCUT2D eigenvalue weighted by Gasteiger charge is -2.13. The number of esters is 1. The maximum Gasteiger partial charge on any atom is 0.344 e. The van der Waals surface area contributed by atoms with E-state index >= 15 is 0 Å². The Morgan fingerprint density at radius 3 is 2.57 bits per heavy atom. The van der Waals surface area contributed by atoms with E-state index in [2.05, 4.69) is 10.3 Å². The number of aromatic nitrogens is 1. The van der Waals surface area contributed by atoms with Gasteiger partial charge in [0.25, 0.3) is 5.91 Å². The first kappa shape index (κ1) is 19.6. The predicted octanol–water partition coefficient (Wildman–Crippen LogP) is 4.07. The predicted molar refractivity (Wildman–Crippen MR) is 108 cm³/mol. The second kappa shape index (κ2) is 9.14. The van der Waals surface area contributed by atoms with Gasteiger partial charge in [-0.2, -0.15) is 0 Å². The van der Waals surface area contributed by atoms with Gasteiger partial charge in [-0.05, 0) is 25.5 Å². The smallest absolute Gasteiger partial charge is 0.344 e. The highest BCUT2D eigenvalue weighted by Crippen LogP contribution is 2.24. The Labute approximate surface area is 167 Å². The third-order valence-electron chi connectivity index (χ3n) is 3.92. The molecule has 28 heavy (non-hydrogen) atoms. The third kappa shape index (κ3) is 5.17. The number of rotatable bonds is 7. The number of nitrogens with one attached hydrogen (secondary N) is 1.